The number of ether oxygens (including phenoxy) is 3. The Hall–Kier alpha value is -1.46. The number of methoxy groups -OCH3 is 1. The van der Waals surface area contributed by atoms with Crippen LogP contribution in [0, 0.1) is 0 Å². The van der Waals surface area contributed by atoms with Gasteiger partial charge in [-0.15, -0.1) is 0 Å². The van der Waals surface area contributed by atoms with Crippen molar-refractivity contribution in [2.24, 2.45) is 0 Å². The molecule has 0 saturated heterocycles. The summed E-state index contributed by atoms with van der Waals surface area (Å²) >= 11 is 0. The summed E-state index contributed by atoms with van der Waals surface area (Å²) in [4.78, 5) is 2.24. The highest BCUT2D eigenvalue weighted by Gasteiger charge is 2.35. The Kier molecular flexibility index (Phi) is 3.06. The summed E-state index contributed by atoms with van der Waals surface area (Å²) in [6.45, 7) is 7.97. The van der Waals surface area contributed by atoms with Gasteiger partial charge in [-0.3, -0.25) is 4.90 Å². The maximum Gasteiger partial charge on any atom is 0.231 e. The van der Waals surface area contributed by atoms with Crippen molar-refractivity contribution in [3.8, 4) is 17.2 Å². The van der Waals surface area contributed by atoms with E-state index in [-0.39, 0.29) is 12.3 Å². The second-order valence-electron chi connectivity index (χ2n) is 6.28. The van der Waals surface area contributed by atoms with Gasteiger partial charge in [-0.25, -0.2) is 0 Å². The Labute approximate surface area is 119 Å². The van der Waals surface area contributed by atoms with Gasteiger partial charge in [0.2, 0.25) is 12.5 Å². The smallest absolute Gasteiger partial charge is 0.231 e. The number of aliphatic hydroxyl groups excluding tert-OH is 1. The Morgan fingerprint density at radius 2 is 2.10 bits per heavy atom. The minimum Gasteiger partial charge on any atom is -0.492 e. The molecule has 0 spiro atoms. The van der Waals surface area contributed by atoms with E-state index >= 15 is 0 Å². The number of nitrogens with zero attached hydrogens (tertiary/aromatic N) is 1. The first-order valence-electron chi connectivity index (χ1n) is 6.84. The highest BCUT2D eigenvalue weighted by molar-refractivity contribution is 5.61. The molecule has 110 valence electrons. The van der Waals surface area contributed by atoms with Gasteiger partial charge in [-0.05, 0) is 32.4 Å². The second kappa shape index (κ2) is 4.53. The van der Waals surface area contributed by atoms with Gasteiger partial charge in [0.15, 0.2) is 11.5 Å². The average molecular weight is 279 g/mol. The van der Waals surface area contributed by atoms with Crippen molar-refractivity contribution >= 4 is 0 Å². The first kappa shape index (κ1) is 13.5. The van der Waals surface area contributed by atoms with Gasteiger partial charge in [-0.1, -0.05) is 0 Å². The molecule has 5 nitrogen and oxygen atoms in total. The average Bonchev–Trinajstić information content (AvgIpc) is 2.83. The molecule has 1 aromatic carbocycles. The van der Waals surface area contributed by atoms with Crippen LogP contribution < -0.4 is 14.2 Å². The number of β-amino-alcohol motifs (C(OH)–C–C–N with tert-alkyl or cyclic N) is 1. The summed E-state index contributed by atoms with van der Waals surface area (Å²) in [5.74, 6) is 1.99. The van der Waals surface area contributed by atoms with Crippen LogP contribution in [-0.2, 0) is 6.54 Å². The first-order chi connectivity index (χ1) is 9.41. The maximum atomic E-state index is 10.5. The Morgan fingerprint density at radius 1 is 1.35 bits per heavy atom. The molecule has 0 fully saturated rings. The lowest BCUT2D eigenvalue weighted by Gasteiger charge is -2.41. The third kappa shape index (κ3) is 2.01. The topological polar surface area (TPSA) is 51.2 Å². The van der Waals surface area contributed by atoms with Crippen molar-refractivity contribution in [3.63, 3.8) is 0 Å². The Balaban J connectivity index is 2.10. The fourth-order valence-corrected chi connectivity index (χ4v) is 2.82. The van der Waals surface area contributed by atoms with Gasteiger partial charge in [0.1, 0.15) is 0 Å². The number of hydrogen-bond donors (Lipinski definition) is 1. The monoisotopic (exact) mass is 279 g/mol. The van der Waals surface area contributed by atoms with Gasteiger partial charge in [0.05, 0.1) is 13.2 Å². The van der Waals surface area contributed by atoms with Crippen molar-refractivity contribution in [3.05, 3.63) is 17.2 Å². The minimum absolute atomic E-state index is 0.0138. The van der Waals surface area contributed by atoms with E-state index in [0.29, 0.717) is 23.8 Å². The first-order valence-corrected chi connectivity index (χ1v) is 6.84. The zero-order valence-electron chi connectivity index (χ0n) is 12.4. The van der Waals surface area contributed by atoms with E-state index in [0.717, 1.165) is 17.7 Å². The molecule has 2 heterocycles. The minimum atomic E-state index is -0.540. The summed E-state index contributed by atoms with van der Waals surface area (Å²) in [6, 6.07) is 1.88. The lowest BCUT2D eigenvalue weighted by molar-refractivity contribution is 0.0363. The van der Waals surface area contributed by atoms with Crippen molar-refractivity contribution < 1.29 is 19.3 Å². The van der Waals surface area contributed by atoms with E-state index in [9.17, 15) is 5.11 Å². The largest absolute Gasteiger partial charge is 0.492 e. The zero-order valence-corrected chi connectivity index (χ0v) is 12.4. The van der Waals surface area contributed by atoms with Crippen LogP contribution >= 0.6 is 0 Å². The number of hydrogen-bond acceptors (Lipinski definition) is 5. The molecule has 1 aromatic rings. The predicted molar refractivity (Wildman–Crippen MR) is 74.2 cm³/mol. The van der Waals surface area contributed by atoms with Crippen molar-refractivity contribution in [1.82, 2.24) is 4.90 Å². The molecule has 2 aliphatic heterocycles. The van der Waals surface area contributed by atoms with E-state index in [1.165, 1.54) is 0 Å². The fraction of sp³-hybridized carbons (Fsp3) is 0.600. The fourth-order valence-electron chi connectivity index (χ4n) is 2.82. The molecule has 0 bridgehead atoms. The molecule has 0 saturated carbocycles. The zero-order chi connectivity index (χ0) is 14.5. The second-order valence-corrected chi connectivity index (χ2v) is 6.28. The number of benzene rings is 1. The summed E-state index contributed by atoms with van der Waals surface area (Å²) in [6.07, 6.45) is -0.540. The summed E-state index contributed by atoms with van der Waals surface area (Å²) in [5.41, 5.74) is 1.86. The Morgan fingerprint density at radius 3 is 2.75 bits per heavy atom. The lowest BCUT2D eigenvalue weighted by Crippen LogP contribution is -2.45. The maximum absolute atomic E-state index is 10.5. The number of rotatable bonds is 1. The Bertz CT molecular complexity index is 536. The van der Waals surface area contributed by atoms with E-state index in [1.54, 1.807) is 7.11 Å². The van der Waals surface area contributed by atoms with Gasteiger partial charge in [-0.2, -0.15) is 0 Å². The molecule has 0 radical (unpaired) electrons. The SMILES string of the molecule is COc1c2c(cc3c1OCO3)[C@@H](O)CN(C(C)(C)C)C2. The van der Waals surface area contributed by atoms with Crippen molar-refractivity contribution in [2.45, 2.75) is 39.0 Å². The van der Waals surface area contributed by atoms with Crippen LogP contribution in [-0.4, -0.2) is 36.0 Å². The van der Waals surface area contributed by atoms with Crippen molar-refractivity contribution in [1.29, 1.82) is 0 Å². The van der Waals surface area contributed by atoms with E-state index < -0.39 is 6.10 Å². The normalized spacial score (nSPS) is 21.8. The molecule has 0 amide bonds. The van der Waals surface area contributed by atoms with Gasteiger partial charge in [0.25, 0.3) is 0 Å². The van der Waals surface area contributed by atoms with Crippen LogP contribution in [0.3, 0.4) is 0 Å². The molecule has 2 aliphatic rings. The number of aliphatic hydroxyl groups is 1. The molecule has 1 atom stereocenters. The summed E-state index contributed by atoms with van der Waals surface area (Å²) < 4.78 is 16.4. The molecule has 20 heavy (non-hydrogen) atoms. The van der Waals surface area contributed by atoms with E-state index in [1.807, 2.05) is 6.07 Å². The van der Waals surface area contributed by atoms with Crippen LogP contribution in [0.2, 0.25) is 0 Å². The van der Waals surface area contributed by atoms with Crippen LogP contribution in [0.5, 0.6) is 17.2 Å². The quantitative estimate of drug-likeness (QED) is 0.853. The molecule has 0 aliphatic carbocycles. The third-order valence-electron chi connectivity index (χ3n) is 4.01. The molecule has 0 aromatic heterocycles. The molecule has 3 rings (SSSR count). The predicted octanol–water partition coefficient (Wildman–Crippen LogP) is 2.07. The summed E-state index contributed by atoms with van der Waals surface area (Å²) in [7, 11) is 1.62. The van der Waals surface area contributed by atoms with Gasteiger partial charge >= 0.3 is 0 Å². The molecular weight excluding hydrogens is 258 g/mol. The molecule has 0 unspecified atom stereocenters. The molecule has 1 N–H and O–H groups in total. The van der Waals surface area contributed by atoms with Crippen LogP contribution in [0.1, 0.15) is 38.0 Å². The van der Waals surface area contributed by atoms with Crippen LogP contribution in [0.25, 0.3) is 0 Å². The van der Waals surface area contributed by atoms with Crippen LogP contribution in [0.15, 0.2) is 6.07 Å². The van der Waals surface area contributed by atoms with Crippen molar-refractivity contribution in [2.75, 3.05) is 20.4 Å². The highest BCUT2D eigenvalue weighted by atomic mass is 16.7. The van der Waals surface area contributed by atoms with Crippen LogP contribution in [0.4, 0.5) is 0 Å². The van der Waals surface area contributed by atoms with E-state index in [2.05, 4.69) is 25.7 Å². The standard InChI is InChI=1S/C15H21NO4/c1-15(2,3)16-6-10-9(11(17)7-16)5-12-14(13(10)18-4)20-8-19-12/h5,11,17H,6-8H2,1-4H3/t11-/m0/s1. The lowest BCUT2D eigenvalue weighted by atomic mass is 9.92. The van der Waals surface area contributed by atoms with E-state index in [4.69, 9.17) is 14.2 Å². The summed E-state index contributed by atoms with van der Waals surface area (Å²) in [5, 5.41) is 10.5. The number of fused-ring (bicyclic) bond motifs is 2. The molecule has 5 heteroatoms. The third-order valence-corrected chi connectivity index (χ3v) is 4.01. The molecular formula is C15H21NO4. The van der Waals surface area contributed by atoms with Gasteiger partial charge in [0, 0.05) is 24.2 Å². The van der Waals surface area contributed by atoms with Gasteiger partial charge < -0.3 is 19.3 Å². The highest BCUT2D eigenvalue weighted by Crippen LogP contribution is 2.48.